The van der Waals surface area contributed by atoms with Gasteiger partial charge in [-0.2, -0.15) is 0 Å². The van der Waals surface area contributed by atoms with Gasteiger partial charge in [0, 0.05) is 25.9 Å². The van der Waals surface area contributed by atoms with Crippen molar-refractivity contribution in [3.8, 4) is 0 Å². The number of anilines is 1. The number of aromatic nitrogens is 1. The molecule has 0 amide bonds. The molecule has 1 aromatic heterocycles. The molecular formula is C14H22N4O. The minimum atomic E-state index is 0.0915. The Morgan fingerprint density at radius 3 is 2.58 bits per heavy atom. The van der Waals surface area contributed by atoms with Crippen LogP contribution in [0.5, 0.6) is 0 Å². The van der Waals surface area contributed by atoms with Crippen molar-refractivity contribution in [1.82, 2.24) is 4.98 Å². The normalized spacial score (nSPS) is 16.7. The number of pyridine rings is 1. The standard InChI is InChI=1S/C14H22N4O/c1-9-8-12(13(14(15)16)10(2)17-9)18-6-4-11(19-3)5-7-18/h8,11H,4-7H2,1-3H3,(H3,15,16). The number of rotatable bonds is 3. The lowest BCUT2D eigenvalue weighted by Crippen LogP contribution is -2.38. The van der Waals surface area contributed by atoms with E-state index in [0.717, 1.165) is 48.6 Å². The molecule has 0 atom stereocenters. The second kappa shape index (κ2) is 5.57. The molecule has 1 aliphatic heterocycles. The Labute approximate surface area is 114 Å². The molecule has 1 aromatic rings. The minimum Gasteiger partial charge on any atom is -0.384 e. The van der Waals surface area contributed by atoms with E-state index in [-0.39, 0.29) is 5.84 Å². The van der Waals surface area contributed by atoms with Crippen LogP contribution in [0.1, 0.15) is 29.8 Å². The predicted octanol–water partition coefficient (Wildman–Crippen LogP) is 1.60. The number of methoxy groups -OCH3 is 1. The molecule has 104 valence electrons. The third kappa shape index (κ3) is 2.87. The van der Waals surface area contributed by atoms with Crippen LogP contribution < -0.4 is 10.6 Å². The monoisotopic (exact) mass is 262 g/mol. The third-order valence-electron chi connectivity index (χ3n) is 3.69. The Morgan fingerprint density at radius 1 is 1.42 bits per heavy atom. The number of piperidine rings is 1. The molecule has 3 N–H and O–H groups in total. The summed E-state index contributed by atoms with van der Waals surface area (Å²) in [6, 6.07) is 2.02. The van der Waals surface area contributed by atoms with E-state index >= 15 is 0 Å². The zero-order chi connectivity index (χ0) is 14.0. The smallest absolute Gasteiger partial charge is 0.126 e. The van der Waals surface area contributed by atoms with Crippen molar-refractivity contribution in [2.75, 3.05) is 25.1 Å². The molecule has 0 bridgehead atoms. The molecule has 19 heavy (non-hydrogen) atoms. The van der Waals surface area contributed by atoms with Crippen LogP contribution in [0.25, 0.3) is 0 Å². The predicted molar refractivity (Wildman–Crippen MR) is 77.0 cm³/mol. The van der Waals surface area contributed by atoms with Crippen LogP contribution in [0.15, 0.2) is 6.07 Å². The van der Waals surface area contributed by atoms with Gasteiger partial charge in [-0.05, 0) is 32.8 Å². The summed E-state index contributed by atoms with van der Waals surface area (Å²) in [5, 5.41) is 7.77. The van der Waals surface area contributed by atoms with E-state index in [1.807, 2.05) is 19.9 Å². The van der Waals surface area contributed by atoms with Crippen LogP contribution in [-0.2, 0) is 4.74 Å². The lowest BCUT2D eigenvalue weighted by Gasteiger charge is -2.34. The van der Waals surface area contributed by atoms with Crippen molar-refractivity contribution in [2.24, 2.45) is 5.73 Å². The van der Waals surface area contributed by atoms with E-state index in [4.69, 9.17) is 15.9 Å². The van der Waals surface area contributed by atoms with Gasteiger partial charge in [0.25, 0.3) is 0 Å². The fraction of sp³-hybridized carbons (Fsp3) is 0.571. The molecule has 0 aliphatic carbocycles. The van der Waals surface area contributed by atoms with Gasteiger partial charge in [0.05, 0.1) is 23.0 Å². The van der Waals surface area contributed by atoms with Gasteiger partial charge in [0.1, 0.15) is 5.84 Å². The summed E-state index contributed by atoms with van der Waals surface area (Å²) in [5.41, 5.74) is 9.31. The Bertz CT molecular complexity index is 479. The molecule has 0 aromatic carbocycles. The van der Waals surface area contributed by atoms with Crippen molar-refractivity contribution >= 4 is 11.5 Å². The van der Waals surface area contributed by atoms with E-state index in [1.165, 1.54) is 0 Å². The number of nitrogens with two attached hydrogens (primary N) is 1. The zero-order valence-electron chi connectivity index (χ0n) is 11.9. The molecule has 0 unspecified atom stereocenters. The van der Waals surface area contributed by atoms with Gasteiger partial charge < -0.3 is 15.4 Å². The quantitative estimate of drug-likeness (QED) is 0.641. The highest BCUT2D eigenvalue weighted by Gasteiger charge is 2.22. The van der Waals surface area contributed by atoms with Crippen molar-refractivity contribution in [3.63, 3.8) is 0 Å². The summed E-state index contributed by atoms with van der Waals surface area (Å²) >= 11 is 0. The molecule has 0 spiro atoms. The van der Waals surface area contributed by atoms with Crippen LogP contribution in [-0.4, -0.2) is 37.1 Å². The first kappa shape index (κ1) is 13.8. The number of nitrogens with one attached hydrogen (secondary N) is 1. The van der Waals surface area contributed by atoms with Crippen molar-refractivity contribution in [2.45, 2.75) is 32.8 Å². The van der Waals surface area contributed by atoms with Gasteiger partial charge >= 0.3 is 0 Å². The summed E-state index contributed by atoms with van der Waals surface area (Å²) in [7, 11) is 1.77. The van der Waals surface area contributed by atoms with Crippen molar-refractivity contribution < 1.29 is 4.74 Å². The molecule has 2 heterocycles. The van der Waals surface area contributed by atoms with E-state index in [0.29, 0.717) is 6.10 Å². The van der Waals surface area contributed by atoms with Gasteiger partial charge in [-0.3, -0.25) is 10.4 Å². The minimum absolute atomic E-state index is 0.0915. The van der Waals surface area contributed by atoms with E-state index in [2.05, 4.69) is 9.88 Å². The van der Waals surface area contributed by atoms with Crippen LogP contribution in [0.2, 0.25) is 0 Å². The van der Waals surface area contributed by atoms with E-state index in [9.17, 15) is 0 Å². The average Bonchev–Trinajstić information content (AvgIpc) is 2.37. The van der Waals surface area contributed by atoms with Crippen LogP contribution in [0.4, 0.5) is 5.69 Å². The maximum absolute atomic E-state index is 7.77. The van der Waals surface area contributed by atoms with Gasteiger partial charge in [0.2, 0.25) is 0 Å². The zero-order valence-corrected chi connectivity index (χ0v) is 11.9. The van der Waals surface area contributed by atoms with Gasteiger partial charge in [-0.1, -0.05) is 0 Å². The molecule has 5 heteroatoms. The molecular weight excluding hydrogens is 240 g/mol. The second-order valence-electron chi connectivity index (χ2n) is 5.08. The Hall–Kier alpha value is -1.62. The number of hydrogen-bond donors (Lipinski definition) is 2. The van der Waals surface area contributed by atoms with Gasteiger partial charge in [-0.15, -0.1) is 0 Å². The Kier molecular flexibility index (Phi) is 4.04. The first-order chi connectivity index (χ1) is 9.02. The van der Waals surface area contributed by atoms with Gasteiger partial charge in [-0.25, -0.2) is 0 Å². The number of nitrogen functional groups attached to an aromatic ring is 1. The van der Waals surface area contributed by atoms with Crippen LogP contribution >= 0.6 is 0 Å². The molecule has 5 nitrogen and oxygen atoms in total. The highest BCUT2D eigenvalue weighted by atomic mass is 16.5. The maximum atomic E-state index is 7.77. The molecule has 1 fully saturated rings. The average molecular weight is 262 g/mol. The Balaban J connectivity index is 2.31. The first-order valence-corrected chi connectivity index (χ1v) is 6.63. The molecule has 0 saturated carbocycles. The maximum Gasteiger partial charge on any atom is 0.126 e. The molecule has 2 rings (SSSR count). The van der Waals surface area contributed by atoms with Crippen LogP contribution in [0, 0.1) is 19.3 Å². The molecule has 1 saturated heterocycles. The lowest BCUT2D eigenvalue weighted by atomic mass is 10.0. The van der Waals surface area contributed by atoms with Gasteiger partial charge in [0.15, 0.2) is 0 Å². The number of ether oxygens (including phenoxy) is 1. The first-order valence-electron chi connectivity index (χ1n) is 6.63. The largest absolute Gasteiger partial charge is 0.384 e. The third-order valence-corrected chi connectivity index (χ3v) is 3.69. The number of nitrogens with zero attached hydrogens (tertiary/aromatic N) is 2. The van der Waals surface area contributed by atoms with E-state index in [1.54, 1.807) is 7.11 Å². The summed E-state index contributed by atoms with van der Waals surface area (Å²) in [5.74, 6) is 0.0915. The Morgan fingerprint density at radius 2 is 2.05 bits per heavy atom. The van der Waals surface area contributed by atoms with E-state index < -0.39 is 0 Å². The summed E-state index contributed by atoms with van der Waals surface area (Å²) in [6.45, 7) is 5.75. The van der Waals surface area contributed by atoms with Crippen molar-refractivity contribution in [1.29, 1.82) is 5.41 Å². The number of amidine groups is 1. The fourth-order valence-electron chi connectivity index (χ4n) is 2.72. The summed E-state index contributed by atoms with van der Waals surface area (Å²) < 4.78 is 5.39. The second-order valence-corrected chi connectivity index (χ2v) is 5.08. The topological polar surface area (TPSA) is 75.2 Å². The summed E-state index contributed by atoms with van der Waals surface area (Å²) in [4.78, 5) is 6.69. The molecule has 0 radical (unpaired) electrons. The van der Waals surface area contributed by atoms with Crippen molar-refractivity contribution in [3.05, 3.63) is 23.0 Å². The highest BCUT2D eigenvalue weighted by Crippen LogP contribution is 2.27. The highest BCUT2D eigenvalue weighted by molar-refractivity contribution is 6.01. The fourth-order valence-corrected chi connectivity index (χ4v) is 2.72. The number of aryl methyl sites for hydroxylation is 2. The summed E-state index contributed by atoms with van der Waals surface area (Å²) in [6.07, 6.45) is 2.36. The molecule has 1 aliphatic rings. The van der Waals surface area contributed by atoms with Crippen LogP contribution in [0.3, 0.4) is 0 Å². The lowest BCUT2D eigenvalue weighted by molar-refractivity contribution is 0.0819. The number of hydrogen-bond acceptors (Lipinski definition) is 4. The SMILES string of the molecule is COC1CCN(c2cc(C)nc(C)c2C(=N)N)CC1.